The van der Waals surface area contributed by atoms with Crippen molar-refractivity contribution >= 4 is 22.2 Å². The maximum atomic E-state index is 12.9. The molecule has 0 fully saturated rings. The summed E-state index contributed by atoms with van der Waals surface area (Å²) in [6.07, 6.45) is -1.30. The van der Waals surface area contributed by atoms with Gasteiger partial charge in [0.1, 0.15) is 0 Å². The molecule has 0 saturated heterocycles. The third-order valence-corrected chi connectivity index (χ3v) is 3.34. The van der Waals surface area contributed by atoms with Crippen molar-refractivity contribution in [2.24, 2.45) is 0 Å². The van der Waals surface area contributed by atoms with Gasteiger partial charge in [0.25, 0.3) is 12.1 Å². The van der Waals surface area contributed by atoms with Crippen molar-refractivity contribution in [2.75, 3.05) is 17.3 Å². The Bertz CT molecular complexity index is 497. The summed E-state index contributed by atoms with van der Waals surface area (Å²) in [5, 5.41) is 13.3. The lowest BCUT2D eigenvalue weighted by atomic mass is 10.1. The van der Waals surface area contributed by atoms with E-state index in [1.165, 1.54) is 12.3 Å². The van der Waals surface area contributed by atoms with Gasteiger partial charge in [-0.1, -0.05) is 0 Å². The maximum Gasteiger partial charge on any atom is 0.270 e. The zero-order valence-electron chi connectivity index (χ0n) is 10.4. The Hall–Kier alpha value is -1.57. The lowest BCUT2D eigenvalue weighted by Gasteiger charge is -2.16. The molecule has 1 aromatic rings. The minimum absolute atomic E-state index is 0.124. The van der Waals surface area contributed by atoms with Crippen molar-refractivity contribution in [2.45, 2.75) is 19.4 Å². The van der Waals surface area contributed by atoms with Gasteiger partial charge in [-0.15, -0.1) is 0 Å². The molecule has 0 saturated carbocycles. The first-order valence-electron chi connectivity index (χ1n) is 5.44. The van der Waals surface area contributed by atoms with Gasteiger partial charge >= 0.3 is 0 Å². The van der Waals surface area contributed by atoms with Crippen LogP contribution in [-0.2, 0) is 10.8 Å². The van der Waals surface area contributed by atoms with Crippen LogP contribution in [0.5, 0.6) is 0 Å². The summed E-state index contributed by atoms with van der Waals surface area (Å²) < 4.78 is 36.8. The summed E-state index contributed by atoms with van der Waals surface area (Å²) in [4.78, 5) is 9.83. The largest absolute Gasteiger partial charge is 0.381 e. The molecule has 0 aliphatic carbocycles. The zero-order chi connectivity index (χ0) is 14.6. The number of rotatable bonds is 6. The summed E-state index contributed by atoms with van der Waals surface area (Å²) >= 11 is 0. The second-order valence-electron chi connectivity index (χ2n) is 4.11. The summed E-state index contributed by atoms with van der Waals surface area (Å²) in [6, 6.07) is 2.98. The van der Waals surface area contributed by atoms with Crippen molar-refractivity contribution in [3.63, 3.8) is 0 Å². The summed E-state index contributed by atoms with van der Waals surface area (Å²) in [5.74, 6) is 0.305. The highest BCUT2D eigenvalue weighted by Crippen LogP contribution is 2.31. The average Bonchev–Trinajstić information content (AvgIpc) is 2.27. The standard InChI is InChI=1S/C11H14F2N2O3S/c1-7(6-19(2)18)14-10-4-3-8(15(16)17)5-9(10)11(12)13/h3-5,7,11,14H,6H2,1-2H3. The van der Waals surface area contributed by atoms with E-state index in [0.717, 1.165) is 12.1 Å². The third kappa shape index (κ3) is 4.55. The van der Waals surface area contributed by atoms with Gasteiger partial charge in [0.2, 0.25) is 0 Å². The van der Waals surface area contributed by atoms with E-state index in [4.69, 9.17) is 0 Å². The van der Waals surface area contributed by atoms with Crippen LogP contribution in [0.1, 0.15) is 18.9 Å². The number of anilines is 1. The quantitative estimate of drug-likeness (QED) is 0.646. The second kappa shape index (κ2) is 6.55. The third-order valence-electron chi connectivity index (χ3n) is 2.37. The van der Waals surface area contributed by atoms with E-state index in [0.29, 0.717) is 5.75 Å². The number of nitro benzene ring substituents is 1. The SMILES string of the molecule is CC(CS(C)=O)Nc1ccc([N+](=O)[O-])cc1C(F)F. The molecule has 1 aromatic carbocycles. The van der Waals surface area contributed by atoms with Crippen LogP contribution in [0.2, 0.25) is 0 Å². The van der Waals surface area contributed by atoms with Gasteiger partial charge in [0.15, 0.2) is 0 Å². The smallest absolute Gasteiger partial charge is 0.270 e. The molecule has 0 aliphatic heterocycles. The second-order valence-corrected chi connectivity index (χ2v) is 5.59. The molecule has 2 unspecified atom stereocenters. The van der Waals surface area contributed by atoms with Crippen molar-refractivity contribution in [1.82, 2.24) is 0 Å². The van der Waals surface area contributed by atoms with Crippen LogP contribution in [0, 0.1) is 10.1 Å². The van der Waals surface area contributed by atoms with Crippen LogP contribution < -0.4 is 5.32 Å². The summed E-state index contributed by atoms with van der Waals surface area (Å²) in [5.41, 5.74) is -0.686. The average molecular weight is 292 g/mol. The highest BCUT2D eigenvalue weighted by atomic mass is 32.2. The van der Waals surface area contributed by atoms with E-state index in [2.05, 4.69) is 5.32 Å². The Kier molecular flexibility index (Phi) is 5.34. The number of nitrogens with zero attached hydrogens (tertiary/aromatic N) is 1. The fraction of sp³-hybridized carbons (Fsp3) is 0.455. The Labute approximate surface area is 111 Å². The number of nitrogens with one attached hydrogen (secondary N) is 1. The van der Waals surface area contributed by atoms with Gasteiger partial charge < -0.3 is 5.32 Å². The van der Waals surface area contributed by atoms with Crippen LogP contribution in [0.4, 0.5) is 20.2 Å². The molecule has 0 amide bonds. The molecule has 0 radical (unpaired) electrons. The Morgan fingerprint density at radius 3 is 2.58 bits per heavy atom. The van der Waals surface area contributed by atoms with Gasteiger partial charge in [-0.2, -0.15) is 0 Å². The highest BCUT2D eigenvalue weighted by molar-refractivity contribution is 7.84. The molecule has 0 aliphatic rings. The van der Waals surface area contributed by atoms with Gasteiger partial charge in [-0.25, -0.2) is 8.78 Å². The van der Waals surface area contributed by atoms with Gasteiger partial charge in [-0.3, -0.25) is 14.3 Å². The van der Waals surface area contributed by atoms with Crippen molar-refractivity contribution < 1.29 is 17.9 Å². The van der Waals surface area contributed by atoms with E-state index in [1.807, 2.05) is 0 Å². The fourth-order valence-corrected chi connectivity index (χ4v) is 2.42. The lowest BCUT2D eigenvalue weighted by molar-refractivity contribution is -0.385. The molecule has 1 rings (SSSR count). The van der Waals surface area contributed by atoms with Crippen molar-refractivity contribution in [1.29, 1.82) is 0 Å². The number of nitro groups is 1. The first-order valence-corrected chi connectivity index (χ1v) is 7.17. The molecule has 0 bridgehead atoms. The first-order chi connectivity index (χ1) is 8.81. The predicted molar refractivity (Wildman–Crippen MR) is 70.1 cm³/mol. The normalized spacial score (nSPS) is 14.2. The fourth-order valence-electron chi connectivity index (χ4n) is 1.63. The predicted octanol–water partition coefficient (Wildman–Crippen LogP) is 2.71. The molecule has 19 heavy (non-hydrogen) atoms. The number of alkyl halides is 2. The van der Waals surface area contributed by atoms with Crippen molar-refractivity contribution in [3.05, 3.63) is 33.9 Å². The molecule has 5 nitrogen and oxygen atoms in total. The van der Waals surface area contributed by atoms with Crippen LogP contribution >= 0.6 is 0 Å². The van der Waals surface area contributed by atoms with E-state index in [9.17, 15) is 23.1 Å². The molecule has 0 aromatic heterocycles. The molecule has 8 heteroatoms. The number of benzene rings is 1. The number of hydrogen-bond donors (Lipinski definition) is 1. The number of non-ortho nitro benzene ring substituents is 1. The van der Waals surface area contributed by atoms with E-state index >= 15 is 0 Å². The highest BCUT2D eigenvalue weighted by Gasteiger charge is 2.19. The van der Waals surface area contributed by atoms with Gasteiger partial charge in [-0.05, 0) is 13.0 Å². The Morgan fingerprint density at radius 1 is 1.47 bits per heavy atom. The molecular formula is C11H14F2N2O3S. The zero-order valence-corrected chi connectivity index (χ0v) is 11.2. The van der Waals surface area contributed by atoms with Crippen molar-refractivity contribution in [3.8, 4) is 0 Å². The molecule has 0 heterocycles. The van der Waals surface area contributed by atoms with E-state index in [1.54, 1.807) is 6.92 Å². The molecule has 0 spiro atoms. The molecule has 2 atom stereocenters. The summed E-state index contributed by atoms with van der Waals surface area (Å²) in [6.45, 7) is 1.71. The summed E-state index contributed by atoms with van der Waals surface area (Å²) in [7, 11) is -1.06. The minimum atomic E-state index is -2.82. The number of halogens is 2. The first kappa shape index (κ1) is 15.5. The van der Waals surface area contributed by atoms with Gasteiger partial charge in [0.05, 0.1) is 4.92 Å². The number of hydrogen-bond acceptors (Lipinski definition) is 4. The lowest BCUT2D eigenvalue weighted by Crippen LogP contribution is -2.23. The van der Waals surface area contributed by atoms with Crippen LogP contribution in [0.25, 0.3) is 0 Å². The maximum absolute atomic E-state index is 12.9. The van der Waals surface area contributed by atoms with E-state index in [-0.39, 0.29) is 17.4 Å². The molecular weight excluding hydrogens is 278 g/mol. The minimum Gasteiger partial charge on any atom is -0.381 e. The topological polar surface area (TPSA) is 72.2 Å². The van der Waals surface area contributed by atoms with Crippen LogP contribution in [-0.4, -0.2) is 27.2 Å². The van der Waals surface area contributed by atoms with E-state index < -0.39 is 27.7 Å². The van der Waals surface area contributed by atoms with Gasteiger partial charge in [0, 0.05) is 52.2 Å². The Morgan fingerprint density at radius 2 is 2.11 bits per heavy atom. The van der Waals surface area contributed by atoms with Crippen LogP contribution in [0.3, 0.4) is 0 Å². The van der Waals surface area contributed by atoms with Crippen LogP contribution in [0.15, 0.2) is 18.2 Å². The molecule has 106 valence electrons. The Balaban J connectivity index is 3.00. The monoisotopic (exact) mass is 292 g/mol. The molecule has 1 N–H and O–H groups in total.